The Morgan fingerprint density at radius 1 is 1.32 bits per heavy atom. The number of aryl methyl sites for hydroxylation is 1. The molecule has 0 aromatic carbocycles. The highest BCUT2D eigenvalue weighted by atomic mass is 35.5. The van der Waals surface area contributed by atoms with Gasteiger partial charge in [-0.25, -0.2) is 15.0 Å². The summed E-state index contributed by atoms with van der Waals surface area (Å²) in [7, 11) is -2.73. The highest BCUT2D eigenvalue weighted by Crippen LogP contribution is 2.38. The first-order valence-electron chi connectivity index (χ1n) is 11.9. The topological polar surface area (TPSA) is 153 Å². The van der Waals surface area contributed by atoms with Gasteiger partial charge >= 0.3 is 10.3 Å². The normalized spacial score (nSPS) is 23.3. The summed E-state index contributed by atoms with van der Waals surface area (Å²) in [5.74, 6) is 0.0197. The van der Waals surface area contributed by atoms with Crippen molar-refractivity contribution in [3.63, 3.8) is 0 Å². The van der Waals surface area contributed by atoms with E-state index in [-0.39, 0.29) is 30.2 Å². The number of rotatable bonds is 8. The number of aromatic nitrogens is 3. The van der Waals surface area contributed by atoms with E-state index in [0.717, 1.165) is 28.1 Å². The maximum absolute atomic E-state index is 13.6. The molecule has 1 fully saturated rings. The van der Waals surface area contributed by atoms with Crippen molar-refractivity contribution in [2.45, 2.75) is 50.5 Å². The highest BCUT2D eigenvalue weighted by Gasteiger charge is 2.37. The predicted octanol–water partition coefficient (Wildman–Crippen LogP) is 2.57. The Labute approximate surface area is 228 Å². The summed E-state index contributed by atoms with van der Waals surface area (Å²) in [6.45, 7) is 2.46. The Kier molecular flexibility index (Phi) is 7.78. The van der Waals surface area contributed by atoms with E-state index in [1.54, 1.807) is 6.07 Å². The molecule has 11 nitrogen and oxygen atoms in total. The molecule has 0 radical (unpaired) electrons. The van der Waals surface area contributed by atoms with Crippen LogP contribution in [0.25, 0.3) is 0 Å². The quantitative estimate of drug-likeness (QED) is 0.268. The number of nitrogens with one attached hydrogen (secondary N) is 2. The van der Waals surface area contributed by atoms with Crippen molar-refractivity contribution in [3.05, 3.63) is 68.0 Å². The smallest absolute Gasteiger partial charge is 0.335 e. The van der Waals surface area contributed by atoms with Crippen molar-refractivity contribution in [1.29, 1.82) is 0 Å². The third-order valence-corrected chi connectivity index (χ3v) is 8.89. The van der Waals surface area contributed by atoms with Crippen LogP contribution in [0, 0.1) is 6.92 Å². The molecule has 3 aromatic rings. The minimum absolute atomic E-state index is 0.204. The van der Waals surface area contributed by atoms with E-state index >= 15 is 0 Å². The number of ketones is 1. The number of aliphatic hydroxyl groups is 1. The predicted molar refractivity (Wildman–Crippen MR) is 141 cm³/mol. The van der Waals surface area contributed by atoms with E-state index in [0.29, 0.717) is 22.5 Å². The molecule has 4 atom stereocenters. The van der Waals surface area contributed by atoms with Crippen molar-refractivity contribution < 1.29 is 27.2 Å². The lowest BCUT2D eigenvalue weighted by atomic mass is 9.98. The van der Waals surface area contributed by atoms with Gasteiger partial charge in [0, 0.05) is 29.7 Å². The van der Waals surface area contributed by atoms with Gasteiger partial charge in [-0.3, -0.25) is 8.98 Å². The first-order chi connectivity index (χ1) is 18.1. The number of hydrogen-bond donors (Lipinski definition) is 3. The SMILES string of the molecule is CNS(=O)(=O)O[C@@H]1C[C@H](Nc2ncncc2C(=O)c2cc([C@H]3OCCc4ccc(Cl)nc43)c(C)s2)C[C@@H]1O. The van der Waals surface area contributed by atoms with Gasteiger partial charge in [-0.05, 0) is 43.9 Å². The Hall–Kier alpha value is -2.52. The maximum Gasteiger partial charge on any atom is 0.335 e. The molecule has 14 heteroatoms. The number of pyridine rings is 1. The molecule has 0 amide bonds. The van der Waals surface area contributed by atoms with E-state index in [1.165, 1.54) is 30.9 Å². The standard InChI is InChI=1S/C24H26ClN5O6S2/c1-12-15(23-21-13(5-6-35-23)3-4-20(25)30-21)9-19(37-12)22(32)16-10-27-11-28-24(16)29-14-7-17(31)18(8-14)36-38(33,34)26-2/h3-4,9-11,14,17-18,23,26,31H,5-8H2,1-2H3,(H,27,28,29)/t14-,17+,18-,23-/m1/s1. The van der Waals surface area contributed by atoms with Crippen LogP contribution < -0.4 is 10.0 Å². The average Bonchev–Trinajstić information content (AvgIpc) is 3.44. The summed E-state index contributed by atoms with van der Waals surface area (Å²) >= 11 is 7.50. The van der Waals surface area contributed by atoms with E-state index in [9.17, 15) is 18.3 Å². The van der Waals surface area contributed by atoms with Gasteiger partial charge in [-0.2, -0.15) is 13.1 Å². The summed E-state index contributed by atoms with van der Waals surface area (Å²) in [5.41, 5.74) is 2.93. The van der Waals surface area contributed by atoms with Crippen LogP contribution in [0.2, 0.25) is 5.15 Å². The molecule has 0 bridgehead atoms. The van der Waals surface area contributed by atoms with Crippen molar-refractivity contribution in [2.75, 3.05) is 19.0 Å². The zero-order valence-corrected chi connectivity index (χ0v) is 22.9. The van der Waals surface area contributed by atoms with Crippen molar-refractivity contribution >= 4 is 44.8 Å². The largest absolute Gasteiger partial charge is 0.390 e. The lowest BCUT2D eigenvalue weighted by Crippen LogP contribution is -2.31. The third kappa shape index (κ3) is 5.59. The van der Waals surface area contributed by atoms with Crippen molar-refractivity contribution in [2.24, 2.45) is 0 Å². The fourth-order valence-corrected chi connectivity index (χ4v) is 6.52. The van der Waals surface area contributed by atoms with Crippen molar-refractivity contribution in [3.8, 4) is 0 Å². The number of carbonyl (C=O) groups excluding carboxylic acids is 1. The number of hydrogen-bond acceptors (Lipinski definition) is 11. The van der Waals surface area contributed by atoms with Crippen molar-refractivity contribution in [1.82, 2.24) is 19.7 Å². The van der Waals surface area contributed by atoms with Crippen LogP contribution in [0.3, 0.4) is 0 Å². The summed E-state index contributed by atoms with van der Waals surface area (Å²) in [5, 5.41) is 13.9. The second-order valence-corrected chi connectivity index (χ2v) is 12.2. The third-order valence-electron chi connectivity index (χ3n) is 6.62. The molecule has 5 rings (SSSR count). The number of ether oxygens (including phenoxy) is 1. The number of thiophene rings is 1. The van der Waals surface area contributed by atoms with Gasteiger partial charge in [0.2, 0.25) is 5.78 Å². The number of fused-ring (bicyclic) bond motifs is 1. The van der Waals surface area contributed by atoms with Gasteiger partial charge in [0.05, 0.1) is 28.8 Å². The fraction of sp³-hybridized carbons (Fsp3) is 0.417. The van der Waals surface area contributed by atoms with Gasteiger partial charge in [0.15, 0.2) is 0 Å². The Morgan fingerprint density at radius 3 is 2.92 bits per heavy atom. The van der Waals surface area contributed by atoms with Gasteiger partial charge in [-0.15, -0.1) is 11.3 Å². The number of aliphatic hydroxyl groups excluding tert-OH is 1. The molecule has 1 saturated carbocycles. The molecular formula is C24H26ClN5O6S2. The van der Waals surface area contributed by atoms with Crippen LogP contribution in [0.1, 0.15) is 55.9 Å². The molecule has 3 N–H and O–H groups in total. The molecular weight excluding hydrogens is 554 g/mol. The first-order valence-corrected chi connectivity index (χ1v) is 14.5. The lowest BCUT2D eigenvalue weighted by molar-refractivity contribution is 0.0636. The van der Waals surface area contributed by atoms with Crippen LogP contribution in [0.4, 0.5) is 5.82 Å². The summed E-state index contributed by atoms with van der Waals surface area (Å²) in [6.07, 6.45) is 1.57. The monoisotopic (exact) mass is 579 g/mol. The van der Waals surface area contributed by atoms with Gasteiger partial charge in [-0.1, -0.05) is 17.7 Å². The molecule has 1 aliphatic carbocycles. The van der Waals surface area contributed by atoms with Crippen LogP contribution in [0.5, 0.6) is 0 Å². The molecule has 3 aromatic heterocycles. The molecule has 202 valence electrons. The first kappa shape index (κ1) is 27.1. The Bertz CT molecular complexity index is 1470. The van der Waals surface area contributed by atoms with Crippen LogP contribution in [-0.4, -0.2) is 66.2 Å². The van der Waals surface area contributed by atoms with Gasteiger partial charge in [0.1, 0.15) is 29.5 Å². The summed E-state index contributed by atoms with van der Waals surface area (Å²) < 4.78 is 36.6. The zero-order chi connectivity index (χ0) is 27.0. The molecule has 4 heterocycles. The summed E-state index contributed by atoms with van der Waals surface area (Å²) in [6, 6.07) is 5.16. The van der Waals surface area contributed by atoms with E-state index in [4.69, 9.17) is 20.5 Å². The molecule has 38 heavy (non-hydrogen) atoms. The molecule has 2 aliphatic rings. The molecule has 0 unspecified atom stereocenters. The van der Waals surface area contributed by atoms with Crippen LogP contribution in [0.15, 0.2) is 30.7 Å². The number of carbonyl (C=O) groups is 1. The molecule has 0 saturated heterocycles. The number of halogens is 1. The van der Waals surface area contributed by atoms with Crippen LogP contribution >= 0.6 is 22.9 Å². The molecule has 0 spiro atoms. The van der Waals surface area contributed by atoms with Crippen LogP contribution in [-0.2, 0) is 25.6 Å². The molecule has 1 aliphatic heterocycles. The second kappa shape index (κ2) is 10.9. The average molecular weight is 580 g/mol. The Morgan fingerprint density at radius 2 is 2.13 bits per heavy atom. The lowest BCUT2D eigenvalue weighted by Gasteiger charge is -2.25. The number of nitrogens with zero attached hydrogens (tertiary/aromatic N) is 3. The van der Waals surface area contributed by atoms with E-state index in [1.807, 2.05) is 19.1 Å². The second-order valence-electron chi connectivity index (χ2n) is 9.09. The van der Waals surface area contributed by atoms with E-state index < -0.39 is 28.6 Å². The summed E-state index contributed by atoms with van der Waals surface area (Å²) in [4.78, 5) is 27.8. The zero-order valence-electron chi connectivity index (χ0n) is 20.5. The highest BCUT2D eigenvalue weighted by molar-refractivity contribution is 7.84. The van der Waals surface area contributed by atoms with E-state index in [2.05, 4.69) is 25.0 Å². The minimum Gasteiger partial charge on any atom is -0.390 e. The minimum atomic E-state index is -3.96. The maximum atomic E-state index is 13.6. The van der Waals surface area contributed by atoms with Gasteiger partial charge in [0.25, 0.3) is 0 Å². The fourth-order valence-electron chi connectivity index (χ4n) is 4.73. The Balaban J connectivity index is 1.37. The number of anilines is 1. The van der Waals surface area contributed by atoms with Gasteiger partial charge < -0.3 is 15.2 Å².